The van der Waals surface area contributed by atoms with E-state index in [1.165, 1.54) is 17.4 Å². The molecule has 4 aromatic rings. The van der Waals surface area contributed by atoms with Crippen molar-refractivity contribution in [1.82, 2.24) is 14.8 Å². The van der Waals surface area contributed by atoms with Gasteiger partial charge in [0.2, 0.25) is 11.0 Å². The molecule has 5 nitrogen and oxygen atoms in total. The molecular formula is C19H12ClFN4OS. The lowest BCUT2D eigenvalue weighted by atomic mass is 9.87. The number of hydrogen-bond acceptors (Lipinski definition) is 4. The van der Waals surface area contributed by atoms with Gasteiger partial charge in [0.25, 0.3) is 0 Å². The van der Waals surface area contributed by atoms with Crippen molar-refractivity contribution in [2.75, 3.05) is 5.32 Å². The van der Waals surface area contributed by atoms with E-state index >= 15 is 0 Å². The second-order valence-corrected chi connectivity index (χ2v) is 7.68. The molecule has 134 valence electrons. The SMILES string of the molecule is O=C1C[C@H](c2c(F)cccc2Cl)c2cnn(-c3nc4ccccc4s3)c2N1. The zero-order valence-corrected chi connectivity index (χ0v) is 15.4. The quantitative estimate of drug-likeness (QED) is 0.530. The summed E-state index contributed by atoms with van der Waals surface area (Å²) in [5.41, 5.74) is 1.90. The van der Waals surface area contributed by atoms with E-state index in [2.05, 4.69) is 15.4 Å². The smallest absolute Gasteiger partial charge is 0.226 e. The molecule has 1 amide bonds. The third-order valence-corrected chi connectivity index (χ3v) is 5.97. The highest BCUT2D eigenvalue weighted by Crippen LogP contribution is 2.42. The monoisotopic (exact) mass is 398 g/mol. The molecule has 0 bridgehead atoms. The lowest BCUT2D eigenvalue weighted by Crippen LogP contribution is -2.25. The molecule has 0 fully saturated rings. The summed E-state index contributed by atoms with van der Waals surface area (Å²) in [6.45, 7) is 0. The molecule has 0 unspecified atom stereocenters. The van der Waals surface area contributed by atoms with Crippen LogP contribution >= 0.6 is 22.9 Å². The van der Waals surface area contributed by atoms with E-state index in [9.17, 15) is 9.18 Å². The molecular weight excluding hydrogens is 387 g/mol. The van der Waals surface area contributed by atoms with Crippen LogP contribution in [0.3, 0.4) is 0 Å². The Balaban J connectivity index is 1.67. The largest absolute Gasteiger partial charge is 0.310 e. The Bertz CT molecular complexity index is 1150. The van der Waals surface area contributed by atoms with E-state index in [0.29, 0.717) is 21.5 Å². The molecule has 8 heteroatoms. The van der Waals surface area contributed by atoms with Gasteiger partial charge in [-0.3, -0.25) is 4.79 Å². The van der Waals surface area contributed by atoms with E-state index in [1.807, 2.05) is 24.3 Å². The van der Waals surface area contributed by atoms with Gasteiger partial charge in [-0.05, 0) is 24.3 Å². The Morgan fingerprint density at radius 3 is 2.89 bits per heavy atom. The third kappa shape index (κ3) is 2.62. The number of amides is 1. The maximum Gasteiger partial charge on any atom is 0.226 e. The molecule has 1 aliphatic rings. The molecule has 2 aromatic heterocycles. The highest BCUT2D eigenvalue weighted by molar-refractivity contribution is 7.20. The summed E-state index contributed by atoms with van der Waals surface area (Å²) in [7, 11) is 0. The van der Waals surface area contributed by atoms with Crippen LogP contribution in [0.25, 0.3) is 15.3 Å². The number of thiazole rings is 1. The second kappa shape index (κ2) is 6.14. The first-order chi connectivity index (χ1) is 13.1. The van der Waals surface area contributed by atoms with Crippen LogP contribution in [-0.2, 0) is 4.79 Å². The number of aromatic nitrogens is 3. The maximum absolute atomic E-state index is 14.5. The fourth-order valence-electron chi connectivity index (χ4n) is 3.42. The van der Waals surface area contributed by atoms with E-state index in [-0.39, 0.29) is 12.3 Å². The van der Waals surface area contributed by atoms with Crippen LogP contribution in [0.4, 0.5) is 10.2 Å². The minimum absolute atomic E-state index is 0.110. The van der Waals surface area contributed by atoms with Crippen LogP contribution in [-0.4, -0.2) is 20.7 Å². The van der Waals surface area contributed by atoms with Gasteiger partial charge in [0.15, 0.2) is 0 Å². The number of hydrogen-bond donors (Lipinski definition) is 1. The van der Waals surface area contributed by atoms with Gasteiger partial charge < -0.3 is 5.32 Å². The molecule has 0 saturated carbocycles. The number of carbonyl (C=O) groups is 1. The molecule has 5 rings (SSSR count). The highest BCUT2D eigenvalue weighted by Gasteiger charge is 2.33. The molecule has 3 heterocycles. The van der Waals surface area contributed by atoms with Crippen LogP contribution in [0.15, 0.2) is 48.7 Å². The average Bonchev–Trinajstić information content (AvgIpc) is 3.24. The summed E-state index contributed by atoms with van der Waals surface area (Å²) in [5.74, 6) is -0.629. The fraction of sp³-hybridized carbons (Fsp3) is 0.105. The number of nitrogens with zero attached hydrogens (tertiary/aromatic N) is 3. The van der Waals surface area contributed by atoms with Crippen molar-refractivity contribution in [2.45, 2.75) is 12.3 Å². The summed E-state index contributed by atoms with van der Waals surface area (Å²) in [4.78, 5) is 16.9. The molecule has 1 aliphatic heterocycles. The Morgan fingerprint density at radius 1 is 1.22 bits per heavy atom. The number of para-hydroxylation sites is 1. The highest BCUT2D eigenvalue weighted by atomic mass is 35.5. The van der Waals surface area contributed by atoms with E-state index in [0.717, 1.165) is 15.8 Å². The van der Waals surface area contributed by atoms with E-state index < -0.39 is 11.7 Å². The number of rotatable bonds is 2. The van der Waals surface area contributed by atoms with Gasteiger partial charge in [0, 0.05) is 28.5 Å². The summed E-state index contributed by atoms with van der Waals surface area (Å²) in [6, 6.07) is 12.3. The van der Waals surface area contributed by atoms with Gasteiger partial charge in [-0.25, -0.2) is 9.37 Å². The van der Waals surface area contributed by atoms with Crippen LogP contribution < -0.4 is 5.32 Å². The normalized spacial score (nSPS) is 16.4. The zero-order chi connectivity index (χ0) is 18.5. The Hall–Kier alpha value is -2.77. The molecule has 0 aliphatic carbocycles. The standard InChI is InChI=1S/C19H12ClFN4OS/c20-12-4-3-5-13(21)17(12)10-8-16(26)24-18-11(10)9-22-25(18)19-23-14-6-1-2-7-15(14)27-19/h1-7,9-10H,8H2,(H,24,26)/t10-/m0/s1. The lowest BCUT2D eigenvalue weighted by Gasteiger charge is -2.24. The van der Waals surface area contributed by atoms with Gasteiger partial charge >= 0.3 is 0 Å². The van der Waals surface area contributed by atoms with Crippen LogP contribution in [0.5, 0.6) is 0 Å². The fourth-order valence-corrected chi connectivity index (χ4v) is 4.64. The van der Waals surface area contributed by atoms with Crippen molar-refractivity contribution in [3.05, 3.63) is 70.6 Å². The topological polar surface area (TPSA) is 59.8 Å². The molecule has 0 saturated heterocycles. The number of benzene rings is 2. The number of fused-ring (bicyclic) bond motifs is 2. The molecule has 1 N–H and O–H groups in total. The second-order valence-electron chi connectivity index (χ2n) is 6.26. The Morgan fingerprint density at radius 2 is 2.07 bits per heavy atom. The third-order valence-electron chi connectivity index (χ3n) is 4.63. The van der Waals surface area contributed by atoms with Gasteiger partial charge in [-0.1, -0.05) is 41.1 Å². The zero-order valence-electron chi connectivity index (χ0n) is 13.8. The van der Waals surface area contributed by atoms with Gasteiger partial charge in [0.05, 0.1) is 16.4 Å². The maximum atomic E-state index is 14.5. The summed E-state index contributed by atoms with van der Waals surface area (Å²) in [5, 5.41) is 8.21. The number of halogens is 2. The molecule has 2 aromatic carbocycles. The predicted molar refractivity (Wildman–Crippen MR) is 103 cm³/mol. The lowest BCUT2D eigenvalue weighted by molar-refractivity contribution is -0.116. The molecule has 27 heavy (non-hydrogen) atoms. The van der Waals surface area contributed by atoms with Crippen LogP contribution in [0.1, 0.15) is 23.5 Å². The first-order valence-electron chi connectivity index (χ1n) is 8.29. The van der Waals surface area contributed by atoms with E-state index in [1.54, 1.807) is 23.0 Å². The average molecular weight is 399 g/mol. The van der Waals surface area contributed by atoms with Gasteiger partial charge in [0.1, 0.15) is 11.6 Å². The van der Waals surface area contributed by atoms with Crippen LogP contribution in [0, 0.1) is 5.82 Å². The van der Waals surface area contributed by atoms with Crippen molar-refractivity contribution in [1.29, 1.82) is 0 Å². The molecule has 1 atom stereocenters. The van der Waals surface area contributed by atoms with Crippen molar-refractivity contribution in [2.24, 2.45) is 0 Å². The van der Waals surface area contributed by atoms with Crippen molar-refractivity contribution in [3.8, 4) is 5.13 Å². The summed E-state index contributed by atoms with van der Waals surface area (Å²) >= 11 is 7.72. The Labute approximate surface area is 162 Å². The predicted octanol–water partition coefficient (Wildman–Crippen LogP) is 4.75. The summed E-state index contributed by atoms with van der Waals surface area (Å²) < 4.78 is 17.1. The van der Waals surface area contributed by atoms with Gasteiger partial charge in [-0.15, -0.1) is 0 Å². The first-order valence-corrected chi connectivity index (χ1v) is 9.49. The van der Waals surface area contributed by atoms with Crippen molar-refractivity contribution in [3.63, 3.8) is 0 Å². The van der Waals surface area contributed by atoms with Crippen LogP contribution in [0.2, 0.25) is 5.02 Å². The minimum atomic E-state index is -0.495. The molecule has 0 spiro atoms. The molecule has 0 radical (unpaired) electrons. The summed E-state index contributed by atoms with van der Waals surface area (Å²) in [6.07, 6.45) is 1.76. The minimum Gasteiger partial charge on any atom is -0.310 e. The first kappa shape index (κ1) is 16.4. The van der Waals surface area contributed by atoms with Gasteiger partial charge in [-0.2, -0.15) is 9.78 Å². The Kier molecular flexibility index (Phi) is 3.73. The number of carbonyl (C=O) groups excluding carboxylic acids is 1. The number of nitrogens with one attached hydrogen (secondary N) is 1. The van der Waals surface area contributed by atoms with Crippen molar-refractivity contribution < 1.29 is 9.18 Å². The number of anilines is 1. The van der Waals surface area contributed by atoms with E-state index in [4.69, 9.17) is 11.6 Å². The van der Waals surface area contributed by atoms with Crippen molar-refractivity contribution >= 4 is 44.9 Å².